The standard InChI is InChI=1S/C27H32F4N2O3.C4H6O6/c28-23-7-3-21(4-8-23)18-33(26(34)17-20-1-5-22(6-2-20)27(29,30)31)24-9-13-32(14-10-24)15-11-25-12-16-35-19-36-25;5-1(3(7)8)2(6)4(9)10/h1-8,24-25H,9-19H2;1-2,5-6H,(H,7,8)(H,9,10). The second kappa shape index (κ2) is 17.3. The number of ether oxygens (including phenoxy) is 2. The van der Waals surface area contributed by atoms with Gasteiger partial charge in [-0.3, -0.25) is 4.79 Å². The molecule has 1 amide bonds. The summed E-state index contributed by atoms with van der Waals surface area (Å²) in [6.07, 6.45) is -5.27. The van der Waals surface area contributed by atoms with Gasteiger partial charge in [-0.05, 0) is 61.1 Å². The summed E-state index contributed by atoms with van der Waals surface area (Å²) in [6.45, 7) is 4.04. The van der Waals surface area contributed by atoms with Crippen LogP contribution in [0.25, 0.3) is 0 Å². The number of hydrogen-bond acceptors (Lipinski definition) is 8. The zero-order chi connectivity index (χ0) is 33.9. The number of aliphatic carboxylic acids is 2. The summed E-state index contributed by atoms with van der Waals surface area (Å²) in [5, 5.41) is 32.5. The average molecular weight is 659 g/mol. The number of rotatable bonds is 11. The van der Waals surface area contributed by atoms with Crippen LogP contribution in [0, 0.1) is 5.82 Å². The van der Waals surface area contributed by atoms with Crippen molar-refractivity contribution in [1.82, 2.24) is 9.80 Å². The molecule has 0 saturated carbocycles. The Bertz CT molecular complexity index is 1250. The molecule has 15 heteroatoms. The predicted octanol–water partition coefficient (Wildman–Crippen LogP) is 2.91. The van der Waals surface area contributed by atoms with Crippen molar-refractivity contribution >= 4 is 17.8 Å². The molecule has 3 atom stereocenters. The molecule has 254 valence electrons. The van der Waals surface area contributed by atoms with Crippen LogP contribution in [0.4, 0.5) is 17.6 Å². The molecule has 0 aromatic heterocycles. The average Bonchev–Trinajstić information content (AvgIpc) is 3.03. The summed E-state index contributed by atoms with van der Waals surface area (Å²) in [6, 6.07) is 10.8. The van der Waals surface area contributed by atoms with Crippen LogP contribution in [-0.2, 0) is 43.0 Å². The first kappa shape index (κ1) is 36.8. The Morgan fingerprint density at radius 3 is 1.96 bits per heavy atom. The van der Waals surface area contributed by atoms with E-state index >= 15 is 0 Å². The molecule has 2 heterocycles. The maximum absolute atomic E-state index is 13.4. The summed E-state index contributed by atoms with van der Waals surface area (Å²) >= 11 is 0. The number of piperidine rings is 1. The van der Waals surface area contributed by atoms with Gasteiger partial charge in [0.1, 0.15) is 12.6 Å². The first-order valence-corrected chi connectivity index (χ1v) is 14.7. The van der Waals surface area contributed by atoms with Crippen LogP contribution in [0.2, 0.25) is 0 Å². The quantitative estimate of drug-likeness (QED) is 0.265. The highest BCUT2D eigenvalue weighted by Crippen LogP contribution is 2.29. The molecule has 2 aliphatic heterocycles. The number of carbonyl (C=O) groups excluding carboxylic acids is 1. The van der Waals surface area contributed by atoms with E-state index in [9.17, 15) is 31.9 Å². The van der Waals surface area contributed by atoms with Gasteiger partial charge in [-0.2, -0.15) is 13.2 Å². The third-order valence-electron chi connectivity index (χ3n) is 7.76. The third-order valence-corrected chi connectivity index (χ3v) is 7.76. The highest BCUT2D eigenvalue weighted by atomic mass is 19.4. The molecule has 3 unspecified atom stereocenters. The van der Waals surface area contributed by atoms with E-state index in [2.05, 4.69) is 4.90 Å². The predicted molar refractivity (Wildman–Crippen MR) is 154 cm³/mol. The minimum absolute atomic E-state index is 0.00702. The summed E-state index contributed by atoms with van der Waals surface area (Å²) in [5.41, 5.74) is 0.614. The van der Waals surface area contributed by atoms with E-state index in [-0.39, 0.29) is 30.3 Å². The smallest absolute Gasteiger partial charge is 0.416 e. The van der Waals surface area contributed by atoms with Gasteiger partial charge in [-0.1, -0.05) is 24.3 Å². The fourth-order valence-electron chi connectivity index (χ4n) is 5.08. The number of aliphatic hydroxyl groups excluding tert-OH is 2. The Labute approximate surface area is 262 Å². The molecule has 0 spiro atoms. The normalized spacial score (nSPS) is 19.0. The number of alkyl halides is 3. The molecule has 2 saturated heterocycles. The van der Waals surface area contributed by atoms with Crippen LogP contribution in [0.15, 0.2) is 48.5 Å². The zero-order valence-electron chi connectivity index (χ0n) is 24.9. The molecule has 4 N–H and O–H groups in total. The van der Waals surface area contributed by atoms with Gasteiger partial charge in [0, 0.05) is 32.2 Å². The number of hydrogen-bond donors (Lipinski definition) is 4. The molecule has 46 heavy (non-hydrogen) atoms. The zero-order valence-corrected chi connectivity index (χ0v) is 24.9. The lowest BCUT2D eigenvalue weighted by molar-refractivity contribution is -0.165. The summed E-state index contributed by atoms with van der Waals surface area (Å²) in [5.74, 6) is -4.03. The first-order chi connectivity index (χ1) is 21.7. The summed E-state index contributed by atoms with van der Waals surface area (Å²) in [7, 11) is 0. The van der Waals surface area contributed by atoms with Crippen molar-refractivity contribution < 1.29 is 61.8 Å². The molecule has 0 bridgehead atoms. The highest BCUT2D eigenvalue weighted by Gasteiger charge is 2.32. The highest BCUT2D eigenvalue weighted by molar-refractivity contribution is 5.83. The van der Waals surface area contributed by atoms with Crippen molar-refractivity contribution in [2.24, 2.45) is 0 Å². The van der Waals surface area contributed by atoms with Crippen molar-refractivity contribution in [1.29, 1.82) is 0 Å². The fourth-order valence-corrected chi connectivity index (χ4v) is 5.08. The number of carboxylic acid groups (broad SMARTS) is 2. The lowest BCUT2D eigenvalue weighted by Crippen LogP contribution is -2.48. The fraction of sp³-hybridized carbons (Fsp3) is 0.516. The van der Waals surface area contributed by atoms with E-state index in [0.717, 1.165) is 69.6 Å². The van der Waals surface area contributed by atoms with Gasteiger partial charge in [0.25, 0.3) is 0 Å². The van der Waals surface area contributed by atoms with Crippen LogP contribution >= 0.6 is 0 Å². The number of benzene rings is 2. The minimum atomic E-state index is -4.41. The topological polar surface area (TPSA) is 157 Å². The number of carbonyl (C=O) groups is 3. The molecule has 2 fully saturated rings. The monoisotopic (exact) mass is 658 g/mol. The first-order valence-electron chi connectivity index (χ1n) is 14.7. The van der Waals surface area contributed by atoms with E-state index in [1.807, 2.05) is 4.90 Å². The van der Waals surface area contributed by atoms with E-state index in [0.29, 0.717) is 18.9 Å². The molecular weight excluding hydrogens is 620 g/mol. The Kier molecular flexibility index (Phi) is 13.9. The van der Waals surface area contributed by atoms with E-state index < -0.39 is 35.9 Å². The van der Waals surface area contributed by atoms with Gasteiger partial charge in [-0.25, -0.2) is 14.0 Å². The number of likely N-dealkylation sites (tertiary alicyclic amines) is 1. The molecule has 2 aromatic rings. The maximum atomic E-state index is 13.4. The Balaban J connectivity index is 0.000000498. The van der Waals surface area contributed by atoms with Crippen LogP contribution in [0.5, 0.6) is 0 Å². The van der Waals surface area contributed by atoms with Crippen molar-refractivity contribution in [2.75, 3.05) is 33.0 Å². The number of halogens is 4. The van der Waals surface area contributed by atoms with Crippen molar-refractivity contribution in [3.63, 3.8) is 0 Å². The molecule has 0 radical (unpaired) electrons. The number of nitrogens with zero attached hydrogens (tertiary/aromatic N) is 2. The van der Waals surface area contributed by atoms with Crippen LogP contribution < -0.4 is 0 Å². The van der Waals surface area contributed by atoms with Gasteiger partial charge < -0.3 is 39.7 Å². The Morgan fingerprint density at radius 1 is 0.891 bits per heavy atom. The van der Waals surface area contributed by atoms with E-state index in [1.165, 1.54) is 24.3 Å². The van der Waals surface area contributed by atoms with Crippen molar-refractivity contribution in [3.8, 4) is 0 Å². The van der Waals surface area contributed by atoms with E-state index in [4.69, 9.17) is 29.9 Å². The van der Waals surface area contributed by atoms with Crippen LogP contribution in [-0.4, -0.2) is 105 Å². The third kappa shape index (κ3) is 11.6. The lowest BCUT2D eigenvalue weighted by atomic mass is 10.00. The van der Waals surface area contributed by atoms with Gasteiger partial charge >= 0.3 is 18.1 Å². The molecule has 2 aromatic carbocycles. The lowest BCUT2D eigenvalue weighted by Gasteiger charge is -2.39. The van der Waals surface area contributed by atoms with Crippen molar-refractivity contribution in [3.05, 3.63) is 71.0 Å². The summed E-state index contributed by atoms with van der Waals surface area (Å²) < 4.78 is 63.0. The van der Waals surface area contributed by atoms with Gasteiger partial charge in [-0.15, -0.1) is 0 Å². The SMILES string of the molecule is O=C(Cc1ccc(C(F)(F)F)cc1)N(Cc1ccc(F)cc1)C1CCN(CCC2CCOCO2)CC1.O=C(O)C(O)C(O)C(=O)O. The Morgan fingerprint density at radius 2 is 1.46 bits per heavy atom. The number of aliphatic hydroxyl groups is 2. The van der Waals surface area contributed by atoms with Gasteiger partial charge in [0.05, 0.1) is 24.7 Å². The number of amides is 1. The molecule has 11 nitrogen and oxygen atoms in total. The molecular formula is C31H38F4N2O9. The van der Waals surface area contributed by atoms with E-state index in [1.54, 1.807) is 12.1 Å². The number of carboxylic acids is 2. The molecule has 4 rings (SSSR count). The maximum Gasteiger partial charge on any atom is 0.416 e. The van der Waals surface area contributed by atoms with Crippen molar-refractivity contribution in [2.45, 2.75) is 69.2 Å². The second-order valence-electron chi connectivity index (χ2n) is 11.1. The minimum Gasteiger partial charge on any atom is -0.479 e. The second-order valence-corrected chi connectivity index (χ2v) is 11.1. The largest absolute Gasteiger partial charge is 0.479 e. The van der Waals surface area contributed by atoms with Crippen LogP contribution in [0.1, 0.15) is 42.4 Å². The molecule has 0 aliphatic carbocycles. The van der Waals surface area contributed by atoms with Crippen LogP contribution in [0.3, 0.4) is 0 Å². The van der Waals surface area contributed by atoms with Gasteiger partial charge in [0.15, 0.2) is 12.2 Å². The van der Waals surface area contributed by atoms with Gasteiger partial charge in [0.2, 0.25) is 5.91 Å². The summed E-state index contributed by atoms with van der Waals surface area (Å²) in [4.78, 5) is 37.1. The Hall–Kier alpha value is -3.63. The molecule has 2 aliphatic rings.